The second kappa shape index (κ2) is 2.73. The summed E-state index contributed by atoms with van der Waals surface area (Å²) in [5.74, 6) is 2.05. The van der Waals surface area contributed by atoms with E-state index in [2.05, 4.69) is 27.7 Å². The van der Waals surface area contributed by atoms with Crippen LogP contribution in [-0.2, 0) is 4.79 Å². The molecule has 0 aliphatic heterocycles. The summed E-state index contributed by atoms with van der Waals surface area (Å²) in [6.45, 7) is 9.53. The van der Waals surface area contributed by atoms with Crippen molar-refractivity contribution in [1.29, 1.82) is 0 Å². The first-order chi connectivity index (χ1) is 7.30. The molecule has 3 aliphatic rings. The fraction of sp³-hybridized carbons (Fsp3) is 0.933. The van der Waals surface area contributed by atoms with E-state index >= 15 is 0 Å². The van der Waals surface area contributed by atoms with Crippen molar-refractivity contribution in [3.8, 4) is 0 Å². The van der Waals surface area contributed by atoms with Gasteiger partial charge in [0.05, 0.1) is 0 Å². The Balaban J connectivity index is 2.10. The smallest absolute Gasteiger partial charge is 0.133 e. The van der Waals surface area contributed by atoms with E-state index in [4.69, 9.17) is 0 Å². The first kappa shape index (κ1) is 10.8. The molecule has 1 spiro atoms. The molecule has 0 N–H and O–H groups in total. The van der Waals surface area contributed by atoms with Gasteiger partial charge in [0, 0.05) is 12.8 Å². The number of fused-ring (bicyclic) bond motifs is 1. The topological polar surface area (TPSA) is 17.1 Å². The summed E-state index contributed by atoms with van der Waals surface area (Å²) in [7, 11) is 0. The fourth-order valence-electron chi connectivity index (χ4n) is 5.54. The molecule has 2 bridgehead atoms. The van der Waals surface area contributed by atoms with E-state index in [0.29, 0.717) is 22.5 Å². The molecule has 1 heteroatoms. The maximum absolute atomic E-state index is 12.0. The predicted molar refractivity (Wildman–Crippen MR) is 65.1 cm³/mol. The zero-order chi connectivity index (χ0) is 11.8. The first-order valence-electron chi connectivity index (χ1n) is 6.81. The van der Waals surface area contributed by atoms with Crippen molar-refractivity contribution >= 4 is 5.78 Å². The van der Waals surface area contributed by atoms with Gasteiger partial charge in [-0.05, 0) is 47.3 Å². The molecule has 3 saturated carbocycles. The molecule has 0 radical (unpaired) electrons. The monoisotopic (exact) mass is 220 g/mol. The van der Waals surface area contributed by atoms with Crippen molar-refractivity contribution in [3.63, 3.8) is 0 Å². The molecule has 90 valence electrons. The van der Waals surface area contributed by atoms with Crippen LogP contribution in [0.1, 0.15) is 59.8 Å². The second-order valence-corrected chi connectivity index (χ2v) is 7.77. The Morgan fingerprint density at radius 2 is 1.88 bits per heavy atom. The Labute approximate surface area is 99.0 Å². The molecule has 16 heavy (non-hydrogen) atoms. The van der Waals surface area contributed by atoms with Gasteiger partial charge in [-0.1, -0.05) is 27.7 Å². The van der Waals surface area contributed by atoms with Crippen molar-refractivity contribution in [2.24, 2.45) is 28.1 Å². The molecular formula is C15H24O. The van der Waals surface area contributed by atoms with Crippen molar-refractivity contribution in [2.75, 3.05) is 0 Å². The largest absolute Gasteiger partial charge is 0.300 e. The van der Waals surface area contributed by atoms with Crippen molar-refractivity contribution in [1.82, 2.24) is 0 Å². The Hall–Kier alpha value is -0.330. The van der Waals surface area contributed by atoms with Crippen LogP contribution in [0, 0.1) is 28.1 Å². The summed E-state index contributed by atoms with van der Waals surface area (Å²) >= 11 is 0. The molecular weight excluding hydrogens is 196 g/mol. The third kappa shape index (κ3) is 1.01. The Bertz CT molecular complexity index is 352. The fourth-order valence-corrected chi connectivity index (χ4v) is 5.54. The molecule has 1 nitrogen and oxygen atoms in total. The SMILES string of the molecule is CC1(C)C2CC(=O)CC(C)(C)[C@]23CC[C@H]1C3. The third-order valence-electron chi connectivity index (χ3n) is 6.59. The van der Waals surface area contributed by atoms with E-state index < -0.39 is 0 Å². The molecule has 3 rings (SSSR count). The number of ketones is 1. The van der Waals surface area contributed by atoms with E-state index in [1.165, 1.54) is 19.3 Å². The highest BCUT2D eigenvalue weighted by atomic mass is 16.1. The highest BCUT2D eigenvalue weighted by Crippen LogP contribution is 2.74. The summed E-state index contributed by atoms with van der Waals surface area (Å²) in [5, 5.41) is 0. The van der Waals surface area contributed by atoms with Crippen molar-refractivity contribution in [3.05, 3.63) is 0 Å². The maximum Gasteiger partial charge on any atom is 0.133 e. The molecule has 0 heterocycles. The predicted octanol–water partition coefficient (Wildman–Crippen LogP) is 3.82. The first-order valence-corrected chi connectivity index (χ1v) is 6.81. The van der Waals surface area contributed by atoms with Gasteiger partial charge in [-0.25, -0.2) is 0 Å². The molecule has 0 aromatic rings. The highest BCUT2D eigenvalue weighted by molar-refractivity contribution is 5.81. The van der Waals surface area contributed by atoms with E-state index in [1.807, 2.05) is 0 Å². The Kier molecular flexibility index (Phi) is 1.85. The van der Waals surface area contributed by atoms with Gasteiger partial charge in [0.2, 0.25) is 0 Å². The molecule has 3 atom stereocenters. The third-order valence-corrected chi connectivity index (χ3v) is 6.59. The number of carbonyl (C=O) groups is 1. The highest BCUT2D eigenvalue weighted by Gasteiger charge is 2.68. The average Bonchev–Trinajstić information content (AvgIpc) is 2.63. The molecule has 1 unspecified atom stereocenters. The van der Waals surface area contributed by atoms with Gasteiger partial charge >= 0.3 is 0 Å². The van der Waals surface area contributed by atoms with Crippen LogP contribution in [0.3, 0.4) is 0 Å². The minimum Gasteiger partial charge on any atom is -0.300 e. The van der Waals surface area contributed by atoms with Crippen LogP contribution in [0.5, 0.6) is 0 Å². The van der Waals surface area contributed by atoms with Gasteiger partial charge in [-0.15, -0.1) is 0 Å². The molecule has 3 fully saturated rings. The van der Waals surface area contributed by atoms with Gasteiger partial charge < -0.3 is 0 Å². The van der Waals surface area contributed by atoms with E-state index in [9.17, 15) is 4.79 Å². The van der Waals surface area contributed by atoms with Crippen LogP contribution in [0.2, 0.25) is 0 Å². The Morgan fingerprint density at radius 1 is 1.19 bits per heavy atom. The number of hydrogen-bond donors (Lipinski definition) is 0. The maximum atomic E-state index is 12.0. The lowest BCUT2D eigenvalue weighted by molar-refractivity contribution is -0.139. The van der Waals surface area contributed by atoms with E-state index in [1.54, 1.807) is 0 Å². The minimum absolute atomic E-state index is 0.246. The van der Waals surface area contributed by atoms with Crippen LogP contribution in [0.15, 0.2) is 0 Å². The second-order valence-electron chi connectivity index (χ2n) is 7.77. The lowest BCUT2D eigenvalue weighted by atomic mass is 9.49. The van der Waals surface area contributed by atoms with Crippen LogP contribution < -0.4 is 0 Å². The average molecular weight is 220 g/mol. The minimum atomic E-state index is 0.246. The van der Waals surface area contributed by atoms with Gasteiger partial charge in [0.25, 0.3) is 0 Å². The summed E-state index contributed by atoms with van der Waals surface area (Å²) in [6, 6.07) is 0. The van der Waals surface area contributed by atoms with E-state index in [-0.39, 0.29) is 5.41 Å². The lowest BCUT2D eigenvalue weighted by Crippen LogP contribution is -2.50. The summed E-state index contributed by atoms with van der Waals surface area (Å²) in [5.41, 5.74) is 1.15. The zero-order valence-corrected chi connectivity index (χ0v) is 11.1. The zero-order valence-electron chi connectivity index (χ0n) is 11.1. The van der Waals surface area contributed by atoms with Crippen molar-refractivity contribution in [2.45, 2.75) is 59.8 Å². The van der Waals surface area contributed by atoms with Gasteiger partial charge in [0.15, 0.2) is 0 Å². The Morgan fingerprint density at radius 3 is 2.56 bits per heavy atom. The summed E-state index contributed by atoms with van der Waals surface area (Å²) < 4.78 is 0. The number of Topliss-reactive ketones (excluding diaryl/α,β-unsaturated/α-hetero) is 1. The molecule has 0 saturated heterocycles. The molecule has 3 aliphatic carbocycles. The van der Waals surface area contributed by atoms with Gasteiger partial charge in [-0.3, -0.25) is 4.79 Å². The normalized spacial score (nSPS) is 48.1. The van der Waals surface area contributed by atoms with E-state index in [0.717, 1.165) is 18.8 Å². The lowest BCUT2D eigenvalue weighted by Gasteiger charge is -2.55. The number of carbonyl (C=O) groups excluding carboxylic acids is 1. The molecule has 0 aromatic heterocycles. The number of hydrogen-bond acceptors (Lipinski definition) is 1. The molecule has 0 aromatic carbocycles. The number of rotatable bonds is 0. The summed E-state index contributed by atoms with van der Waals surface area (Å²) in [6.07, 6.45) is 5.87. The van der Waals surface area contributed by atoms with Gasteiger partial charge in [0.1, 0.15) is 5.78 Å². The standard InChI is InChI=1S/C15H24O/c1-13(2)9-11(16)7-12-14(3,4)10-5-6-15(12,13)8-10/h10,12H,5-9H2,1-4H3/t10-,12?,15-/m0/s1. The summed E-state index contributed by atoms with van der Waals surface area (Å²) in [4.78, 5) is 12.0. The van der Waals surface area contributed by atoms with Crippen LogP contribution >= 0.6 is 0 Å². The van der Waals surface area contributed by atoms with Crippen LogP contribution in [-0.4, -0.2) is 5.78 Å². The van der Waals surface area contributed by atoms with Crippen molar-refractivity contribution < 1.29 is 4.79 Å². The van der Waals surface area contributed by atoms with Crippen LogP contribution in [0.25, 0.3) is 0 Å². The quantitative estimate of drug-likeness (QED) is 0.606. The van der Waals surface area contributed by atoms with Gasteiger partial charge in [-0.2, -0.15) is 0 Å². The molecule has 0 amide bonds. The van der Waals surface area contributed by atoms with Crippen LogP contribution in [0.4, 0.5) is 0 Å².